The van der Waals surface area contributed by atoms with E-state index in [9.17, 15) is 9.18 Å². The van der Waals surface area contributed by atoms with Crippen LogP contribution in [0.15, 0.2) is 73.1 Å². The highest BCUT2D eigenvalue weighted by molar-refractivity contribution is 5.75. The SMILES string of the molecule is COc1ccc(CN(Cc2ccc(OC)cc2)c2nc(C)nc(-c3cc([C@@H](C)N4CCN(C(=O)OC(C)(C)C)CC4C)cnc3Nc3cnc(OC)c(F)c3)n2)cc1. The fraction of sp³-hybridized carbons (Fsp3) is 0.395. The van der Waals surface area contributed by atoms with Crippen LogP contribution in [-0.2, 0) is 17.8 Å². The van der Waals surface area contributed by atoms with E-state index in [0.29, 0.717) is 67.4 Å². The van der Waals surface area contributed by atoms with Gasteiger partial charge in [-0.2, -0.15) is 9.97 Å². The van der Waals surface area contributed by atoms with Gasteiger partial charge >= 0.3 is 6.09 Å². The van der Waals surface area contributed by atoms with Crippen molar-refractivity contribution in [3.05, 3.63) is 101 Å². The minimum absolute atomic E-state index is 0.0290. The van der Waals surface area contributed by atoms with E-state index in [1.807, 2.05) is 82.3 Å². The fourth-order valence-electron chi connectivity index (χ4n) is 6.82. The molecule has 1 saturated heterocycles. The van der Waals surface area contributed by atoms with E-state index in [1.54, 1.807) is 25.3 Å². The van der Waals surface area contributed by atoms with E-state index in [4.69, 9.17) is 38.9 Å². The monoisotopic (exact) mass is 793 g/mol. The number of amides is 1. The number of ether oxygens (including phenoxy) is 4. The maximum absolute atomic E-state index is 14.8. The van der Waals surface area contributed by atoms with Crippen LogP contribution >= 0.6 is 0 Å². The molecule has 2 aromatic carbocycles. The number of nitrogens with zero attached hydrogens (tertiary/aromatic N) is 8. The molecule has 1 N–H and O–H groups in total. The molecule has 0 spiro atoms. The molecule has 1 unspecified atom stereocenters. The van der Waals surface area contributed by atoms with Crippen LogP contribution in [0.5, 0.6) is 17.4 Å². The number of anilines is 3. The van der Waals surface area contributed by atoms with Crippen LogP contribution in [0.2, 0.25) is 0 Å². The van der Waals surface area contributed by atoms with Gasteiger partial charge in [0.2, 0.25) is 11.8 Å². The Balaban J connectivity index is 1.38. The van der Waals surface area contributed by atoms with Crippen molar-refractivity contribution in [3.63, 3.8) is 0 Å². The van der Waals surface area contributed by atoms with Gasteiger partial charge in [0.15, 0.2) is 11.6 Å². The highest BCUT2D eigenvalue weighted by atomic mass is 19.1. The summed E-state index contributed by atoms with van der Waals surface area (Å²) >= 11 is 0. The molecule has 0 aliphatic carbocycles. The lowest BCUT2D eigenvalue weighted by Crippen LogP contribution is -2.54. The topological polar surface area (TPSA) is 140 Å². The lowest BCUT2D eigenvalue weighted by Gasteiger charge is -2.43. The van der Waals surface area contributed by atoms with Gasteiger partial charge in [-0.3, -0.25) is 4.90 Å². The molecule has 3 aromatic heterocycles. The molecule has 1 fully saturated rings. The number of carbonyl (C=O) groups is 1. The number of benzene rings is 2. The van der Waals surface area contributed by atoms with Gasteiger partial charge in [-0.25, -0.2) is 24.1 Å². The number of hydrogen-bond donors (Lipinski definition) is 1. The molecule has 0 saturated carbocycles. The van der Waals surface area contributed by atoms with Crippen molar-refractivity contribution in [2.75, 3.05) is 51.2 Å². The number of carbonyl (C=O) groups excluding carboxylic acids is 1. The summed E-state index contributed by atoms with van der Waals surface area (Å²) in [5.74, 6) is 2.53. The number of aryl methyl sites for hydroxylation is 1. The smallest absolute Gasteiger partial charge is 0.410 e. The van der Waals surface area contributed by atoms with E-state index >= 15 is 0 Å². The standard InChI is InChI=1S/C43H52FN9O5/c1-27-24-51(42(54)58-43(4,5)6)18-19-53(27)28(2)32-20-36(38(45-22-32)49-33-21-37(44)40(57-9)46-23-33)39-47-29(3)48-41(50-39)52(25-30-10-14-34(55-7)15-11-30)26-31-12-16-35(56-8)17-13-31/h10-17,20-23,27-28H,18-19,24-26H2,1-9H3,(H,45,49)/t27?,28-/m1/s1. The third-order valence-electron chi connectivity index (χ3n) is 9.81. The summed E-state index contributed by atoms with van der Waals surface area (Å²) in [4.78, 5) is 42.8. The summed E-state index contributed by atoms with van der Waals surface area (Å²) in [5, 5.41) is 3.25. The summed E-state index contributed by atoms with van der Waals surface area (Å²) in [6.45, 7) is 14.3. The van der Waals surface area contributed by atoms with E-state index in [2.05, 4.69) is 33.9 Å². The van der Waals surface area contributed by atoms with Crippen molar-refractivity contribution in [1.82, 2.24) is 34.7 Å². The molecule has 58 heavy (non-hydrogen) atoms. The van der Waals surface area contributed by atoms with Crippen LogP contribution in [-0.4, -0.2) is 93.4 Å². The molecule has 15 heteroatoms. The zero-order valence-electron chi connectivity index (χ0n) is 34.6. The van der Waals surface area contributed by atoms with Crippen molar-refractivity contribution in [2.45, 2.75) is 72.3 Å². The Morgan fingerprint density at radius 1 is 0.897 bits per heavy atom. The second-order valence-electron chi connectivity index (χ2n) is 15.3. The maximum Gasteiger partial charge on any atom is 0.410 e. The Morgan fingerprint density at radius 2 is 1.53 bits per heavy atom. The van der Waals surface area contributed by atoms with Gasteiger partial charge in [0.25, 0.3) is 0 Å². The first-order valence-corrected chi connectivity index (χ1v) is 19.2. The van der Waals surface area contributed by atoms with Gasteiger partial charge in [0, 0.05) is 57.1 Å². The van der Waals surface area contributed by atoms with Gasteiger partial charge in [-0.15, -0.1) is 0 Å². The zero-order chi connectivity index (χ0) is 41.6. The molecular weight excluding hydrogens is 742 g/mol. The van der Waals surface area contributed by atoms with E-state index in [1.165, 1.54) is 19.4 Å². The number of hydrogen-bond acceptors (Lipinski definition) is 13. The van der Waals surface area contributed by atoms with Crippen LogP contribution < -0.4 is 24.4 Å². The van der Waals surface area contributed by atoms with Gasteiger partial charge in [0.1, 0.15) is 28.7 Å². The van der Waals surface area contributed by atoms with Crippen molar-refractivity contribution in [1.29, 1.82) is 0 Å². The van der Waals surface area contributed by atoms with Crippen LogP contribution in [0.4, 0.5) is 26.6 Å². The predicted molar refractivity (Wildman–Crippen MR) is 220 cm³/mol. The normalized spacial score (nSPS) is 15.1. The Bertz CT molecular complexity index is 2130. The summed E-state index contributed by atoms with van der Waals surface area (Å²) < 4.78 is 36.4. The quantitative estimate of drug-likeness (QED) is 0.124. The fourth-order valence-corrected chi connectivity index (χ4v) is 6.82. The van der Waals surface area contributed by atoms with E-state index < -0.39 is 11.4 Å². The third kappa shape index (κ3) is 10.3. The maximum atomic E-state index is 14.8. The summed E-state index contributed by atoms with van der Waals surface area (Å²) in [6, 6.07) is 19.0. The predicted octanol–water partition coefficient (Wildman–Crippen LogP) is 7.75. The number of methoxy groups -OCH3 is 3. The summed E-state index contributed by atoms with van der Waals surface area (Å²) in [6.07, 6.45) is 2.96. The van der Waals surface area contributed by atoms with Crippen molar-refractivity contribution in [3.8, 4) is 28.8 Å². The van der Waals surface area contributed by atoms with E-state index in [-0.39, 0.29) is 24.1 Å². The molecule has 6 rings (SSSR count). The van der Waals surface area contributed by atoms with Gasteiger partial charge in [0.05, 0.1) is 38.8 Å². The average molecular weight is 794 g/mol. The second-order valence-corrected chi connectivity index (χ2v) is 15.3. The number of rotatable bonds is 13. The number of nitrogens with one attached hydrogen (secondary N) is 1. The minimum Gasteiger partial charge on any atom is -0.497 e. The molecule has 5 aromatic rings. The first-order valence-electron chi connectivity index (χ1n) is 19.2. The van der Waals surface area contributed by atoms with Crippen LogP contribution in [0.3, 0.4) is 0 Å². The van der Waals surface area contributed by atoms with Crippen molar-refractivity contribution >= 4 is 23.5 Å². The first kappa shape index (κ1) is 41.5. The van der Waals surface area contributed by atoms with Gasteiger partial charge < -0.3 is 34.1 Å². The van der Waals surface area contributed by atoms with Crippen LogP contribution in [0.1, 0.15) is 63.2 Å². The first-order chi connectivity index (χ1) is 27.7. The van der Waals surface area contributed by atoms with Gasteiger partial charge in [-0.05, 0) is 88.6 Å². The highest BCUT2D eigenvalue weighted by Gasteiger charge is 2.33. The second kappa shape index (κ2) is 18.0. The lowest BCUT2D eigenvalue weighted by molar-refractivity contribution is -0.000739. The highest BCUT2D eigenvalue weighted by Crippen LogP contribution is 2.34. The Labute approximate surface area is 339 Å². The van der Waals surface area contributed by atoms with Crippen molar-refractivity contribution < 1.29 is 28.1 Å². The summed E-state index contributed by atoms with van der Waals surface area (Å²) in [7, 11) is 4.65. The molecule has 1 aliphatic heterocycles. The summed E-state index contributed by atoms with van der Waals surface area (Å²) in [5.41, 5.74) is 3.34. The Morgan fingerprint density at radius 3 is 2.09 bits per heavy atom. The molecule has 1 amide bonds. The number of pyridine rings is 2. The molecule has 2 atom stereocenters. The van der Waals surface area contributed by atoms with Crippen LogP contribution in [0.25, 0.3) is 11.4 Å². The molecule has 14 nitrogen and oxygen atoms in total. The average Bonchev–Trinajstić information content (AvgIpc) is 3.20. The minimum atomic E-state index is -0.621. The Hall–Kier alpha value is -6.09. The molecule has 306 valence electrons. The molecule has 1 aliphatic rings. The third-order valence-corrected chi connectivity index (χ3v) is 9.81. The number of halogens is 1. The van der Waals surface area contributed by atoms with Crippen LogP contribution in [0, 0.1) is 12.7 Å². The van der Waals surface area contributed by atoms with Crippen molar-refractivity contribution in [2.24, 2.45) is 0 Å². The zero-order valence-corrected chi connectivity index (χ0v) is 34.6. The number of aromatic nitrogens is 5. The largest absolute Gasteiger partial charge is 0.497 e. The van der Waals surface area contributed by atoms with E-state index in [0.717, 1.165) is 28.2 Å². The Kier molecular flexibility index (Phi) is 12.9. The van der Waals surface area contributed by atoms with Gasteiger partial charge in [-0.1, -0.05) is 24.3 Å². The molecule has 0 radical (unpaired) electrons. The molecule has 4 heterocycles. The number of piperazine rings is 1. The molecular formula is C43H52FN9O5. The lowest BCUT2D eigenvalue weighted by atomic mass is 10.0. The molecule has 0 bridgehead atoms.